The zero-order chi connectivity index (χ0) is 15.5. The number of nitrogens with zero attached hydrogens (tertiary/aromatic N) is 4. The van der Waals surface area contributed by atoms with Gasteiger partial charge < -0.3 is 9.64 Å². The Morgan fingerprint density at radius 3 is 3.00 bits per heavy atom. The van der Waals surface area contributed by atoms with Crippen LogP contribution in [0.4, 0.5) is 0 Å². The number of nitrogens with one attached hydrogen (secondary N) is 1. The van der Waals surface area contributed by atoms with Gasteiger partial charge in [-0.2, -0.15) is 5.10 Å². The highest BCUT2D eigenvalue weighted by Gasteiger charge is 2.29. The van der Waals surface area contributed by atoms with Crippen molar-refractivity contribution in [2.24, 2.45) is 0 Å². The molecule has 0 saturated carbocycles. The van der Waals surface area contributed by atoms with Gasteiger partial charge in [0.05, 0.1) is 19.3 Å². The minimum atomic E-state index is -0.478. The summed E-state index contributed by atoms with van der Waals surface area (Å²) >= 11 is 0. The lowest BCUT2D eigenvalue weighted by Gasteiger charge is -2.26. The molecule has 0 unspecified atom stereocenters. The van der Waals surface area contributed by atoms with Gasteiger partial charge in [-0.1, -0.05) is 0 Å². The highest BCUT2D eigenvalue weighted by Crippen LogP contribution is 2.22. The number of esters is 1. The second-order valence-electron chi connectivity index (χ2n) is 4.82. The fourth-order valence-corrected chi connectivity index (χ4v) is 2.41. The van der Waals surface area contributed by atoms with Gasteiger partial charge in [0.25, 0.3) is 5.91 Å². The largest absolute Gasteiger partial charge is 0.461 e. The van der Waals surface area contributed by atoms with Gasteiger partial charge in [0.2, 0.25) is 0 Å². The molecular formula is C14H15N5O3. The molecule has 0 aliphatic carbocycles. The van der Waals surface area contributed by atoms with Gasteiger partial charge in [-0.05, 0) is 6.92 Å². The number of fused-ring (bicyclic) bond motifs is 1. The summed E-state index contributed by atoms with van der Waals surface area (Å²) in [6.07, 6.45) is 5.03. The molecule has 0 spiro atoms. The summed E-state index contributed by atoms with van der Waals surface area (Å²) in [5, 5.41) is 6.87. The third-order valence-corrected chi connectivity index (χ3v) is 3.47. The maximum absolute atomic E-state index is 12.4. The van der Waals surface area contributed by atoms with Crippen LogP contribution in [0.3, 0.4) is 0 Å². The van der Waals surface area contributed by atoms with Crippen molar-refractivity contribution < 1.29 is 14.3 Å². The Morgan fingerprint density at radius 2 is 2.27 bits per heavy atom. The number of amides is 1. The van der Waals surface area contributed by atoms with Crippen molar-refractivity contribution in [2.75, 3.05) is 13.2 Å². The maximum Gasteiger partial charge on any atom is 0.359 e. The van der Waals surface area contributed by atoms with E-state index in [-0.39, 0.29) is 23.9 Å². The molecule has 8 heteroatoms. The fourth-order valence-electron chi connectivity index (χ4n) is 2.41. The van der Waals surface area contributed by atoms with E-state index in [2.05, 4.69) is 20.2 Å². The van der Waals surface area contributed by atoms with Crippen LogP contribution in [0.1, 0.15) is 39.2 Å². The molecule has 1 N–H and O–H groups in total. The number of hydrogen-bond donors (Lipinski definition) is 1. The smallest absolute Gasteiger partial charge is 0.359 e. The average Bonchev–Trinajstić information content (AvgIpc) is 2.98. The zero-order valence-corrected chi connectivity index (χ0v) is 12.1. The molecule has 0 radical (unpaired) electrons. The first-order valence-corrected chi connectivity index (χ1v) is 6.99. The summed E-state index contributed by atoms with van der Waals surface area (Å²) in [6, 6.07) is 0. The van der Waals surface area contributed by atoms with E-state index in [1.165, 1.54) is 18.6 Å². The van der Waals surface area contributed by atoms with Crippen LogP contribution in [0.2, 0.25) is 0 Å². The molecule has 8 nitrogen and oxygen atoms in total. The minimum Gasteiger partial charge on any atom is -0.461 e. The topological polar surface area (TPSA) is 101 Å². The summed E-state index contributed by atoms with van der Waals surface area (Å²) in [5.41, 5.74) is 2.11. The van der Waals surface area contributed by atoms with Gasteiger partial charge in [-0.25, -0.2) is 9.78 Å². The Kier molecular flexibility index (Phi) is 3.82. The van der Waals surface area contributed by atoms with Gasteiger partial charge >= 0.3 is 5.97 Å². The molecule has 2 aromatic rings. The first-order valence-electron chi connectivity index (χ1n) is 6.99. The SMILES string of the molecule is CCOC(=O)c1n[nH]c2c1CN(C(=O)c1cnccn1)CC2. The first kappa shape index (κ1) is 14.2. The van der Waals surface area contributed by atoms with Crippen molar-refractivity contribution in [3.63, 3.8) is 0 Å². The van der Waals surface area contributed by atoms with Crippen LogP contribution in [0.5, 0.6) is 0 Å². The van der Waals surface area contributed by atoms with Crippen molar-refractivity contribution in [2.45, 2.75) is 19.9 Å². The Morgan fingerprint density at radius 1 is 1.41 bits per heavy atom. The normalized spacial score (nSPS) is 13.6. The standard InChI is InChI=1S/C14H15N5O3/c1-2-22-14(21)12-9-8-19(6-3-10(9)17-18-12)13(20)11-7-15-4-5-16-11/h4-5,7H,2-3,6,8H2,1H3,(H,17,18). The second kappa shape index (κ2) is 5.92. The Hall–Kier alpha value is -2.77. The van der Waals surface area contributed by atoms with Crippen molar-refractivity contribution in [3.05, 3.63) is 41.2 Å². The van der Waals surface area contributed by atoms with E-state index in [0.29, 0.717) is 25.1 Å². The molecule has 1 amide bonds. The van der Waals surface area contributed by atoms with E-state index in [1.54, 1.807) is 11.8 Å². The lowest BCUT2D eigenvalue weighted by Crippen LogP contribution is -2.36. The molecule has 0 aromatic carbocycles. The molecule has 0 saturated heterocycles. The number of aromatic nitrogens is 4. The second-order valence-corrected chi connectivity index (χ2v) is 4.82. The van der Waals surface area contributed by atoms with Crippen molar-refractivity contribution in [3.8, 4) is 0 Å². The van der Waals surface area contributed by atoms with Crippen LogP contribution in [0, 0.1) is 0 Å². The van der Waals surface area contributed by atoms with Gasteiger partial charge in [0, 0.05) is 36.6 Å². The predicted octanol–water partition coefficient (Wildman–Crippen LogP) is 0.575. The third-order valence-electron chi connectivity index (χ3n) is 3.47. The lowest BCUT2D eigenvalue weighted by molar-refractivity contribution is 0.0513. The third kappa shape index (κ3) is 2.54. The number of rotatable bonds is 3. The number of carbonyl (C=O) groups is 2. The summed E-state index contributed by atoms with van der Waals surface area (Å²) in [7, 11) is 0. The van der Waals surface area contributed by atoms with E-state index < -0.39 is 5.97 Å². The summed E-state index contributed by atoms with van der Waals surface area (Å²) in [6.45, 7) is 2.85. The van der Waals surface area contributed by atoms with Crippen LogP contribution in [-0.4, -0.2) is 50.1 Å². The zero-order valence-electron chi connectivity index (χ0n) is 12.1. The van der Waals surface area contributed by atoms with E-state index in [4.69, 9.17) is 4.74 Å². The quantitative estimate of drug-likeness (QED) is 0.832. The highest BCUT2D eigenvalue weighted by atomic mass is 16.5. The molecule has 1 aliphatic rings. The molecule has 2 aromatic heterocycles. The molecule has 1 aliphatic heterocycles. The molecule has 3 heterocycles. The van der Waals surface area contributed by atoms with Crippen molar-refractivity contribution >= 4 is 11.9 Å². The van der Waals surface area contributed by atoms with Gasteiger partial charge in [0.15, 0.2) is 5.69 Å². The monoisotopic (exact) mass is 301 g/mol. The van der Waals surface area contributed by atoms with E-state index in [0.717, 1.165) is 5.69 Å². The maximum atomic E-state index is 12.4. The molecular weight excluding hydrogens is 286 g/mol. The summed E-state index contributed by atoms with van der Waals surface area (Å²) in [4.78, 5) is 33.9. The van der Waals surface area contributed by atoms with E-state index in [9.17, 15) is 9.59 Å². The van der Waals surface area contributed by atoms with Gasteiger partial charge in [0.1, 0.15) is 5.69 Å². The van der Waals surface area contributed by atoms with Crippen molar-refractivity contribution in [1.82, 2.24) is 25.1 Å². The Labute approximate surface area is 126 Å². The van der Waals surface area contributed by atoms with Crippen LogP contribution in [0.15, 0.2) is 18.6 Å². The number of H-pyrrole nitrogens is 1. The predicted molar refractivity (Wildman–Crippen MR) is 75.0 cm³/mol. The minimum absolute atomic E-state index is 0.213. The average molecular weight is 301 g/mol. The van der Waals surface area contributed by atoms with E-state index in [1.807, 2.05) is 0 Å². The number of carbonyl (C=O) groups excluding carboxylic acids is 2. The molecule has 0 bridgehead atoms. The summed E-state index contributed by atoms with van der Waals surface area (Å²) < 4.78 is 4.99. The summed E-state index contributed by atoms with van der Waals surface area (Å²) in [5.74, 6) is -0.691. The lowest BCUT2D eigenvalue weighted by atomic mass is 10.0. The first-order chi connectivity index (χ1) is 10.7. The number of hydrogen-bond acceptors (Lipinski definition) is 6. The fraction of sp³-hybridized carbons (Fsp3) is 0.357. The molecule has 0 fully saturated rings. The molecule has 0 atom stereocenters. The molecule has 3 rings (SSSR count). The number of ether oxygens (including phenoxy) is 1. The van der Waals surface area contributed by atoms with Gasteiger partial charge in [-0.3, -0.25) is 14.9 Å². The molecule has 22 heavy (non-hydrogen) atoms. The van der Waals surface area contributed by atoms with Crippen LogP contribution in [-0.2, 0) is 17.7 Å². The van der Waals surface area contributed by atoms with Gasteiger partial charge in [-0.15, -0.1) is 0 Å². The van der Waals surface area contributed by atoms with Crippen molar-refractivity contribution in [1.29, 1.82) is 0 Å². The highest BCUT2D eigenvalue weighted by molar-refractivity contribution is 5.93. The van der Waals surface area contributed by atoms with E-state index >= 15 is 0 Å². The Balaban J connectivity index is 1.82. The van der Waals surface area contributed by atoms with Crippen LogP contribution in [0.25, 0.3) is 0 Å². The number of aromatic amines is 1. The molecule has 114 valence electrons. The Bertz CT molecular complexity index is 698. The van der Waals surface area contributed by atoms with Crippen LogP contribution < -0.4 is 0 Å². The van der Waals surface area contributed by atoms with Crippen LogP contribution >= 0.6 is 0 Å².